The standard InChI is InChI=1S/C18H19N5O3/c1-26-14-4-2-3-13(9-14)16(11-24)20-18(25)21-17-10-15(22-23-17)12-5-7-19-8-6-12/h2-10,16,24H,11H2,1H3,(H3,20,21,22,23,25)/t16-/m1/s1. The second-order valence-electron chi connectivity index (χ2n) is 5.51. The fourth-order valence-electron chi connectivity index (χ4n) is 2.47. The molecule has 0 saturated carbocycles. The monoisotopic (exact) mass is 353 g/mol. The smallest absolute Gasteiger partial charge is 0.321 e. The summed E-state index contributed by atoms with van der Waals surface area (Å²) in [6, 6.07) is 11.5. The van der Waals surface area contributed by atoms with E-state index in [-0.39, 0.29) is 6.61 Å². The van der Waals surface area contributed by atoms with Crippen LogP contribution in [-0.4, -0.2) is 40.0 Å². The largest absolute Gasteiger partial charge is 0.497 e. The molecular weight excluding hydrogens is 334 g/mol. The molecule has 3 aromatic rings. The predicted molar refractivity (Wildman–Crippen MR) is 96.8 cm³/mol. The first-order valence-electron chi connectivity index (χ1n) is 7.97. The van der Waals surface area contributed by atoms with Crippen LogP contribution in [0.1, 0.15) is 11.6 Å². The van der Waals surface area contributed by atoms with Gasteiger partial charge < -0.3 is 15.2 Å². The summed E-state index contributed by atoms with van der Waals surface area (Å²) in [6.07, 6.45) is 3.35. The number of hydrogen-bond donors (Lipinski definition) is 4. The molecule has 0 saturated heterocycles. The Hall–Kier alpha value is -3.39. The number of benzene rings is 1. The van der Waals surface area contributed by atoms with E-state index in [0.29, 0.717) is 11.6 Å². The molecule has 1 aromatic carbocycles. The number of amides is 2. The van der Waals surface area contributed by atoms with Crippen molar-refractivity contribution in [1.29, 1.82) is 0 Å². The maximum Gasteiger partial charge on any atom is 0.321 e. The molecule has 0 aliphatic rings. The molecule has 2 amide bonds. The van der Waals surface area contributed by atoms with Crippen LogP contribution in [0.25, 0.3) is 11.3 Å². The van der Waals surface area contributed by atoms with Gasteiger partial charge in [-0.15, -0.1) is 0 Å². The number of aliphatic hydroxyl groups excluding tert-OH is 1. The Morgan fingerprint density at radius 3 is 2.81 bits per heavy atom. The van der Waals surface area contributed by atoms with Gasteiger partial charge in [-0.3, -0.25) is 15.4 Å². The molecule has 0 fully saturated rings. The lowest BCUT2D eigenvalue weighted by Gasteiger charge is -2.17. The second-order valence-corrected chi connectivity index (χ2v) is 5.51. The quantitative estimate of drug-likeness (QED) is 0.543. The minimum atomic E-state index is -0.566. The molecule has 134 valence electrons. The third kappa shape index (κ3) is 4.17. The Balaban J connectivity index is 1.65. The van der Waals surface area contributed by atoms with Gasteiger partial charge >= 0.3 is 6.03 Å². The number of nitrogens with zero attached hydrogens (tertiary/aromatic N) is 2. The molecule has 0 spiro atoms. The Morgan fingerprint density at radius 1 is 1.27 bits per heavy atom. The Morgan fingerprint density at radius 2 is 2.08 bits per heavy atom. The van der Waals surface area contributed by atoms with Gasteiger partial charge in [-0.1, -0.05) is 12.1 Å². The highest BCUT2D eigenvalue weighted by atomic mass is 16.5. The van der Waals surface area contributed by atoms with E-state index in [2.05, 4.69) is 25.8 Å². The van der Waals surface area contributed by atoms with Crippen LogP contribution in [-0.2, 0) is 0 Å². The molecule has 2 heterocycles. The first kappa shape index (κ1) is 17.4. The van der Waals surface area contributed by atoms with Crippen molar-refractivity contribution in [2.24, 2.45) is 0 Å². The van der Waals surface area contributed by atoms with E-state index in [1.165, 1.54) is 0 Å². The molecule has 8 nitrogen and oxygen atoms in total. The highest BCUT2D eigenvalue weighted by molar-refractivity contribution is 5.89. The van der Waals surface area contributed by atoms with Crippen LogP contribution in [0.3, 0.4) is 0 Å². The molecule has 0 radical (unpaired) electrons. The number of methoxy groups -OCH3 is 1. The van der Waals surface area contributed by atoms with Crippen LogP contribution < -0.4 is 15.4 Å². The predicted octanol–water partition coefficient (Wildman–Crippen LogP) is 2.34. The number of H-pyrrole nitrogens is 1. The van der Waals surface area contributed by atoms with Crippen molar-refractivity contribution in [2.45, 2.75) is 6.04 Å². The average Bonchev–Trinajstić information content (AvgIpc) is 3.15. The zero-order valence-corrected chi connectivity index (χ0v) is 14.1. The second kappa shape index (κ2) is 8.13. The summed E-state index contributed by atoms with van der Waals surface area (Å²) in [5.74, 6) is 1.02. The number of ether oxygens (including phenoxy) is 1. The van der Waals surface area contributed by atoms with Crippen LogP contribution in [0.5, 0.6) is 5.75 Å². The summed E-state index contributed by atoms with van der Waals surface area (Å²) < 4.78 is 5.17. The summed E-state index contributed by atoms with van der Waals surface area (Å²) in [5.41, 5.74) is 2.40. The van der Waals surface area contributed by atoms with E-state index in [9.17, 15) is 9.90 Å². The number of aliphatic hydroxyl groups is 1. The third-order valence-electron chi connectivity index (χ3n) is 3.79. The van der Waals surface area contributed by atoms with Crippen LogP contribution in [0, 0.1) is 0 Å². The highest BCUT2D eigenvalue weighted by Gasteiger charge is 2.15. The van der Waals surface area contributed by atoms with Crippen molar-refractivity contribution >= 4 is 11.8 Å². The van der Waals surface area contributed by atoms with Gasteiger partial charge in [-0.2, -0.15) is 5.10 Å². The van der Waals surface area contributed by atoms with Gasteiger partial charge in [0, 0.05) is 24.0 Å². The number of aromatic amines is 1. The summed E-state index contributed by atoms with van der Waals surface area (Å²) in [7, 11) is 1.56. The van der Waals surface area contributed by atoms with Crippen LogP contribution in [0.2, 0.25) is 0 Å². The lowest BCUT2D eigenvalue weighted by atomic mass is 10.1. The Bertz CT molecular complexity index is 866. The lowest BCUT2D eigenvalue weighted by molar-refractivity contribution is 0.225. The van der Waals surface area contributed by atoms with Crippen molar-refractivity contribution < 1.29 is 14.6 Å². The zero-order chi connectivity index (χ0) is 18.4. The maximum atomic E-state index is 12.2. The minimum absolute atomic E-state index is 0.247. The summed E-state index contributed by atoms with van der Waals surface area (Å²) >= 11 is 0. The number of carbonyl (C=O) groups is 1. The number of anilines is 1. The zero-order valence-electron chi connectivity index (χ0n) is 14.1. The summed E-state index contributed by atoms with van der Waals surface area (Å²) in [4.78, 5) is 16.2. The van der Waals surface area contributed by atoms with E-state index in [1.807, 2.05) is 12.1 Å². The molecule has 0 aliphatic carbocycles. The van der Waals surface area contributed by atoms with E-state index in [1.54, 1.807) is 49.8 Å². The fourth-order valence-corrected chi connectivity index (χ4v) is 2.47. The van der Waals surface area contributed by atoms with Gasteiger partial charge in [0.05, 0.1) is 25.5 Å². The van der Waals surface area contributed by atoms with E-state index < -0.39 is 12.1 Å². The molecular formula is C18H19N5O3. The number of hydrogen-bond acceptors (Lipinski definition) is 5. The molecule has 3 rings (SSSR count). The van der Waals surface area contributed by atoms with Gasteiger partial charge in [0.2, 0.25) is 0 Å². The summed E-state index contributed by atoms with van der Waals surface area (Å²) in [5, 5.41) is 21.9. The molecule has 26 heavy (non-hydrogen) atoms. The minimum Gasteiger partial charge on any atom is -0.497 e. The number of urea groups is 1. The molecule has 2 aromatic heterocycles. The molecule has 0 bridgehead atoms. The van der Waals surface area contributed by atoms with Crippen molar-refractivity contribution in [3.05, 3.63) is 60.4 Å². The molecule has 0 unspecified atom stereocenters. The van der Waals surface area contributed by atoms with Crippen LogP contribution in [0.15, 0.2) is 54.9 Å². The van der Waals surface area contributed by atoms with E-state index in [0.717, 1.165) is 16.8 Å². The molecule has 0 aliphatic heterocycles. The molecule has 1 atom stereocenters. The average molecular weight is 353 g/mol. The van der Waals surface area contributed by atoms with Crippen molar-refractivity contribution in [3.8, 4) is 17.0 Å². The Labute approximate surface area is 150 Å². The number of rotatable bonds is 6. The van der Waals surface area contributed by atoms with Crippen LogP contribution >= 0.6 is 0 Å². The van der Waals surface area contributed by atoms with Crippen molar-refractivity contribution in [1.82, 2.24) is 20.5 Å². The fraction of sp³-hybridized carbons (Fsp3) is 0.167. The maximum absolute atomic E-state index is 12.2. The number of aromatic nitrogens is 3. The SMILES string of the molecule is COc1cccc([C@@H](CO)NC(=O)Nc2cc(-c3ccncc3)[nH]n2)c1. The molecule has 4 N–H and O–H groups in total. The number of nitrogens with one attached hydrogen (secondary N) is 3. The Kier molecular flexibility index (Phi) is 5.45. The van der Waals surface area contributed by atoms with Gasteiger partial charge in [0.15, 0.2) is 5.82 Å². The molecule has 8 heteroatoms. The van der Waals surface area contributed by atoms with Crippen molar-refractivity contribution in [3.63, 3.8) is 0 Å². The van der Waals surface area contributed by atoms with Crippen LogP contribution in [0.4, 0.5) is 10.6 Å². The van der Waals surface area contributed by atoms with Gasteiger partial charge in [0.1, 0.15) is 5.75 Å². The topological polar surface area (TPSA) is 112 Å². The van der Waals surface area contributed by atoms with Gasteiger partial charge in [0.25, 0.3) is 0 Å². The summed E-state index contributed by atoms with van der Waals surface area (Å²) in [6.45, 7) is -0.247. The third-order valence-corrected chi connectivity index (χ3v) is 3.79. The van der Waals surface area contributed by atoms with E-state index in [4.69, 9.17) is 4.74 Å². The van der Waals surface area contributed by atoms with Gasteiger partial charge in [-0.05, 0) is 29.8 Å². The number of pyridine rings is 1. The van der Waals surface area contributed by atoms with E-state index >= 15 is 0 Å². The first-order chi connectivity index (χ1) is 12.7. The van der Waals surface area contributed by atoms with Crippen molar-refractivity contribution in [2.75, 3.05) is 19.0 Å². The number of carbonyl (C=O) groups excluding carboxylic acids is 1. The van der Waals surface area contributed by atoms with Gasteiger partial charge in [-0.25, -0.2) is 4.79 Å². The first-order valence-corrected chi connectivity index (χ1v) is 7.97. The normalized spacial score (nSPS) is 11.6. The highest BCUT2D eigenvalue weighted by Crippen LogP contribution is 2.20. The lowest BCUT2D eigenvalue weighted by Crippen LogP contribution is -2.34.